The molecule has 2 aliphatic rings. The summed E-state index contributed by atoms with van der Waals surface area (Å²) < 4.78 is 0. The highest BCUT2D eigenvalue weighted by Crippen LogP contribution is 2.29. The van der Waals surface area contributed by atoms with Gasteiger partial charge >= 0.3 is 0 Å². The number of hydrogen-bond donors (Lipinski definition) is 2. The first-order chi connectivity index (χ1) is 9.24. The van der Waals surface area contributed by atoms with Crippen molar-refractivity contribution in [1.29, 1.82) is 0 Å². The van der Waals surface area contributed by atoms with Crippen LogP contribution in [0, 0.1) is 0 Å². The third-order valence-electron chi connectivity index (χ3n) is 3.75. The maximum atomic E-state index is 12.5. The third kappa shape index (κ3) is 2.93. The number of nitrogens with zero attached hydrogens (tertiary/aromatic N) is 2. The maximum Gasteiger partial charge on any atom is 0.240 e. The van der Waals surface area contributed by atoms with Crippen molar-refractivity contribution >= 4 is 5.91 Å². The Morgan fingerprint density at radius 2 is 2.37 bits per heavy atom. The van der Waals surface area contributed by atoms with Gasteiger partial charge in [-0.25, -0.2) is 0 Å². The predicted octanol–water partition coefficient (Wildman–Crippen LogP) is 0.295. The molecule has 1 saturated carbocycles. The van der Waals surface area contributed by atoms with Gasteiger partial charge in [0.25, 0.3) is 0 Å². The van der Waals surface area contributed by atoms with Gasteiger partial charge in [-0.2, -0.15) is 0 Å². The number of hydrogen-bond acceptors (Lipinski definition) is 4. The second-order valence-corrected chi connectivity index (χ2v) is 5.41. The van der Waals surface area contributed by atoms with Crippen LogP contribution in [0.15, 0.2) is 24.5 Å². The lowest BCUT2D eigenvalue weighted by Gasteiger charge is -2.25. The number of rotatable bonds is 4. The number of amides is 1. The Hall–Kier alpha value is -1.46. The van der Waals surface area contributed by atoms with Gasteiger partial charge in [-0.05, 0) is 30.9 Å². The molecule has 5 heteroatoms. The lowest BCUT2D eigenvalue weighted by atomic mass is 10.1. The second kappa shape index (κ2) is 5.27. The van der Waals surface area contributed by atoms with Gasteiger partial charge in [0.1, 0.15) is 0 Å². The van der Waals surface area contributed by atoms with Crippen LogP contribution in [0.3, 0.4) is 0 Å². The van der Waals surface area contributed by atoms with E-state index < -0.39 is 6.10 Å². The molecule has 0 aromatic carbocycles. The van der Waals surface area contributed by atoms with Crippen molar-refractivity contribution in [2.45, 2.75) is 44.0 Å². The zero-order valence-electron chi connectivity index (χ0n) is 10.8. The summed E-state index contributed by atoms with van der Waals surface area (Å²) >= 11 is 0. The molecule has 2 atom stereocenters. The minimum atomic E-state index is -0.395. The smallest absolute Gasteiger partial charge is 0.240 e. The molecule has 2 fully saturated rings. The molecule has 102 valence electrons. The summed E-state index contributed by atoms with van der Waals surface area (Å²) in [5.74, 6) is 0.114. The molecule has 1 amide bonds. The van der Waals surface area contributed by atoms with E-state index in [0.29, 0.717) is 25.6 Å². The Bertz CT molecular complexity index is 447. The molecule has 1 aliphatic heterocycles. The van der Waals surface area contributed by atoms with Crippen molar-refractivity contribution in [2.24, 2.45) is 0 Å². The number of aromatic nitrogens is 1. The molecule has 0 bridgehead atoms. The molecule has 5 nitrogen and oxygen atoms in total. The van der Waals surface area contributed by atoms with Gasteiger partial charge in [0.2, 0.25) is 5.91 Å². The van der Waals surface area contributed by atoms with Gasteiger partial charge in [0, 0.05) is 31.5 Å². The van der Waals surface area contributed by atoms with E-state index in [2.05, 4.69) is 10.3 Å². The Morgan fingerprint density at radius 1 is 1.53 bits per heavy atom. The van der Waals surface area contributed by atoms with Crippen molar-refractivity contribution in [3.8, 4) is 0 Å². The fourth-order valence-corrected chi connectivity index (χ4v) is 2.57. The van der Waals surface area contributed by atoms with E-state index in [4.69, 9.17) is 0 Å². The van der Waals surface area contributed by atoms with Gasteiger partial charge in [-0.1, -0.05) is 6.07 Å². The van der Waals surface area contributed by atoms with E-state index in [1.54, 1.807) is 12.4 Å². The summed E-state index contributed by atoms with van der Waals surface area (Å²) in [7, 11) is 0. The van der Waals surface area contributed by atoms with Crippen LogP contribution in [0.1, 0.15) is 24.8 Å². The van der Waals surface area contributed by atoms with E-state index in [9.17, 15) is 9.90 Å². The number of nitrogens with one attached hydrogen (secondary N) is 1. The Labute approximate surface area is 112 Å². The topological polar surface area (TPSA) is 65.5 Å². The largest absolute Gasteiger partial charge is 0.392 e. The number of β-amino-alcohol motifs (C(OH)–C–C–N with tert-alkyl or cyclic N) is 1. The summed E-state index contributed by atoms with van der Waals surface area (Å²) in [5.41, 5.74) is 1.06. The molecular weight excluding hydrogens is 242 g/mol. The normalized spacial score (nSPS) is 26.4. The van der Waals surface area contributed by atoms with E-state index in [0.717, 1.165) is 18.4 Å². The van der Waals surface area contributed by atoms with Gasteiger partial charge in [0.05, 0.1) is 12.1 Å². The van der Waals surface area contributed by atoms with Crippen molar-refractivity contribution in [3.63, 3.8) is 0 Å². The molecule has 2 heterocycles. The molecule has 1 aromatic heterocycles. The first kappa shape index (κ1) is 12.6. The summed E-state index contributed by atoms with van der Waals surface area (Å²) in [6, 6.07) is 4.02. The SMILES string of the molecule is O=C(C1CC(O)CN1)N(Cc1cccnc1)C1CC1. The van der Waals surface area contributed by atoms with Crippen LogP contribution in [0.2, 0.25) is 0 Å². The van der Waals surface area contributed by atoms with Crippen LogP contribution in [0.25, 0.3) is 0 Å². The molecule has 3 rings (SSSR count). The Kier molecular flexibility index (Phi) is 3.48. The Balaban J connectivity index is 1.69. The summed E-state index contributed by atoms with van der Waals surface area (Å²) in [5, 5.41) is 12.6. The highest BCUT2D eigenvalue weighted by molar-refractivity contribution is 5.83. The fourth-order valence-electron chi connectivity index (χ4n) is 2.57. The lowest BCUT2D eigenvalue weighted by molar-refractivity contribution is -0.134. The van der Waals surface area contributed by atoms with Crippen molar-refractivity contribution in [2.75, 3.05) is 6.54 Å². The molecule has 1 aromatic rings. The summed E-state index contributed by atoms with van der Waals surface area (Å²) in [4.78, 5) is 18.5. The van der Waals surface area contributed by atoms with Gasteiger partial charge in [-0.15, -0.1) is 0 Å². The molecule has 2 N–H and O–H groups in total. The quantitative estimate of drug-likeness (QED) is 0.818. The zero-order chi connectivity index (χ0) is 13.2. The molecule has 1 saturated heterocycles. The monoisotopic (exact) mass is 261 g/mol. The van der Waals surface area contributed by atoms with Crippen LogP contribution < -0.4 is 5.32 Å². The van der Waals surface area contributed by atoms with Crippen molar-refractivity contribution < 1.29 is 9.90 Å². The van der Waals surface area contributed by atoms with Gasteiger partial charge in [-0.3, -0.25) is 9.78 Å². The second-order valence-electron chi connectivity index (χ2n) is 5.41. The minimum absolute atomic E-state index is 0.114. The molecule has 0 radical (unpaired) electrons. The van der Waals surface area contributed by atoms with E-state index in [-0.39, 0.29) is 11.9 Å². The van der Waals surface area contributed by atoms with E-state index >= 15 is 0 Å². The zero-order valence-corrected chi connectivity index (χ0v) is 10.8. The fraction of sp³-hybridized carbons (Fsp3) is 0.571. The van der Waals surface area contributed by atoms with Crippen LogP contribution in [0.4, 0.5) is 0 Å². The van der Waals surface area contributed by atoms with E-state index in [1.165, 1.54) is 0 Å². The van der Waals surface area contributed by atoms with Crippen LogP contribution >= 0.6 is 0 Å². The average Bonchev–Trinajstić information content (AvgIpc) is 3.18. The van der Waals surface area contributed by atoms with Crippen LogP contribution in [-0.2, 0) is 11.3 Å². The average molecular weight is 261 g/mol. The maximum absolute atomic E-state index is 12.5. The standard InChI is InChI=1S/C14H19N3O2/c18-12-6-13(16-8-12)14(19)17(11-3-4-11)9-10-2-1-5-15-7-10/h1-2,5,7,11-13,16,18H,3-4,6,8-9H2. The number of aliphatic hydroxyl groups is 1. The summed E-state index contributed by atoms with van der Waals surface area (Å²) in [6.45, 7) is 1.13. The third-order valence-corrected chi connectivity index (χ3v) is 3.75. The lowest BCUT2D eigenvalue weighted by Crippen LogP contribution is -2.44. The number of carbonyl (C=O) groups excluding carboxylic acids is 1. The predicted molar refractivity (Wildman–Crippen MR) is 70.2 cm³/mol. The Morgan fingerprint density at radius 3 is 2.95 bits per heavy atom. The van der Waals surface area contributed by atoms with Crippen molar-refractivity contribution in [1.82, 2.24) is 15.2 Å². The molecule has 19 heavy (non-hydrogen) atoms. The van der Waals surface area contributed by atoms with Crippen LogP contribution in [-0.4, -0.2) is 45.6 Å². The van der Waals surface area contributed by atoms with Gasteiger partial charge < -0.3 is 15.3 Å². The highest BCUT2D eigenvalue weighted by atomic mass is 16.3. The number of pyridine rings is 1. The molecule has 2 unspecified atom stereocenters. The van der Waals surface area contributed by atoms with E-state index in [1.807, 2.05) is 17.0 Å². The number of aliphatic hydroxyl groups excluding tert-OH is 1. The first-order valence-electron chi connectivity index (χ1n) is 6.85. The molecular formula is C14H19N3O2. The number of carbonyl (C=O) groups is 1. The van der Waals surface area contributed by atoms with Gasteiger partial charge in [0.15, 0.2) is 0 Å². The van der Waals surface area contributed by atoms with Crippen LogP contribution in [0.5, 0.6) is 0 Å². The summed E-state index contributed by atoms with van der Waals surface area (Å²) in [6.07, 6.45) is 5.84. The molecule has 1 aliphatic carbocycles. The first-order valence-corrected chi connectivity index (χ1v) is 6.85. The molecule has 0 spiro atoms. The van der Waals surface area contributed by atoms with Crippen molar-refractivity contribution in [3.05, 3.63) is 30.1 Å². The highest BCUT2D eigenvalue weighted by Gasteiger charge is 2.38. The minimum Gasteiger partial charge on any atom is -0.392 e.